The van der Waals surface area contributed by atoms with Gasteiger partial charge in [0.2, 0.25) is 0 Å². The average Bonchev–Trinajstić information content (AvgIpc) is 2.69. The van der Waals surface area contributed by atoms with E-state index < -0.39 is 0 Å². The third-order valence-corrected chi connectivity index (χ3v) is 3.77. The number of unbranched alkanes of at least 4 members (excludes halogenated alkanes) is 4. The van der Waals surface area contributed by atoms with E-state index in [0.717, 1.165) is 19.6 Å². The highest BCUT2D eigenvalue weighted by Crippen LogP contribution is 2.24. The molecule has 0 amide bonds. The van der Waals surface area contributed by atoms with Crippen molar-refractivity contribution in [3.63, 3.8) is 0 Å². The summed E-state index contributed by atoms with van der Waals surface area (Å²) in [7, 11) is 1.49. The summed E-state index contributed by atoms with van der Waals surface area (Å²) in [6.45, 7) is 7.47. The molecule has 3 nitrogen and oxygen atoms in total. The summed E-state index contributed by atoms with van der Waals surface area (Å²) in [5, 5.41) is 0. The maximum absolute atomic E-state index is 11.5. The van der Waals surface area contributed by atoms with Gasteiger partial charge in [-0.15, -0.1) is 0 Å². The van der Waals surface area contributed by atoms with Crippen LogP contribution >= 0.6 is 0 Å². The van der Waals surface area contributed by atoms with Crippen molar-refractivity contribution < 1.29 is 9.53 Å². The first-order chi connectivity index (χ1) is 8.19. The second-order valence-corrected chi connectivity index (χ2v) is 5.28. The van der Waals surface area contributed by atoms with Crippen LogP contribution in [0.1, 0.15) is 46.0 Å². The summed E-state index contributed by atoms with van der Waals surface area (Å²) >= 11 is 0. The first kappa shape index (κ1) is 14.5. The molecule has 0 aromatic heterocycles. The maximum atomic E-state index is 11.5. The van der Waals surface area contributed by atoms with Gasteiger partial charge in [0.1, 0.15) is 0 Å². The predicted octanol–water partition coefficient (Wildman–Crippen LogP) is 2.70. The van der Waals surface area contributed by atoms with Gasteiger partial charge in [0, 0.05) is 13.1 Å². The summed E-state index contributed by atoms with van der Waals surface area (Å²) in [4.78, 5) is 14.0. The number of methoxy groups -OCH3 is 1. The number of rotatable bonds is 7. The molecular weight excluding hydrogens is 214 g/mol. The van der Waals surface area contributed by atoms with Crippen LogP contribution in [0.3, 0.4) is 0 Å². The van der Waals surface area contributed by atoms with Crippen LogP contribution < -0.4 is 0 Å². The van der Waals surface area contributed by atoms with Crippen molar-refractivity contribution in [2.45, 2.75) is 46.0 Å². The molecule has 2 unspecified atom stereocenters. The molecule has 1 rings (SSSR count). The largest absolute Gasteiger partial charge is 0.469 e. The lowest BCUT2D eigenvalue weighted by atomic mass is 9.99. The third-order valence-electron chi connectivity index (χ3n) is 3.77. The van der Waals surface area contributed by atoms with Crippen LogP contribution in [-0.2, 0) is 9.53 Å². The standard InChI is InChI=1S/C14H27NO2/c1-4-5-6-7-8-9-15-10-12(2)13(11-15)14(16)17-3/h12-13H,4-11H2,1-3H3. The van der Waals surface area contributed by atoms with E-state index in [0.29, 0.717) is 5.92 Å². The van der Waals surface area contributed by atoms with Crippen molar-refractivity contribution in [1.29, 1.82) is 0 Å². The molecule has 0 aliphatic carbocycles. The lowest BCUT2D eigenvalue weighted by molar-refractivity contribution is -0.146. The van der Waals surface area contributed by atoms with E-state index in [1.165, 1.54) is 39.2 Å². The fraction of sp³-hybridized carbons (Fsp3) is 0.929. The number of carbonyl (C=O) groups is 1. The van der Waals surface area contributed by atoms with Crippen LogP contribution in [-0.4, -0.2) is 37.6 Å². The molecular formula is C14H27NO2. The summed E-state index contributed by atoms with van der Waals surface area (Å²) in [5.74, 6) is 0.500. The van der Waals surface area contributed by atoms with Crippen molar-refractivity contribution in [2.24, 2.45) is 11.8 Å². The molecule has 100 valence electrons. The Morgan fingerprint density at radius 1 is 1.24 bits per heavy atom. The molecule has 1 saturated heterocycles. The van der Waals surface area contributed by atoms with Crippen LogP contribution in [0.25, 0.3) is 0 Å². The summed E-state index contributed by atoms with van der Waals surface area (Å²) in [6, 6.07) is 0. The second kappa shape index (κ2) is 7.70. The highest BCUT2D eigenvalue weighted by atomic mass is 16.5. The Morgan fingerprint density at radius 2 is 1.94 bits per heavy atom. The van der Waals surface area contributed by atoms with E-state index in [9.17, 15) is 4.79 Å². The van der Waals surface area contributed by atoms with Gasteiger partial charge in [-0.05, 0) is 18.9 Å². The SMILES string of the molecule is CCCCCCCN1CC(C)C(C(=O)OC)C1. The van der Waals surface area contributed by atoms with Crippen LogP contribution in [0.5, 0.6) is 0 Å². The molecule has 0 aromatic rings. The molecule has 1 heterocycles. The van der Waals surface area contributed by atoms with Gasteiger partial charge in [0.25, 0.3) is 0 Å². The predicted molar refractivity (Wildman–Crippen MR) is 69.9 cm³/mol. The van der Waals surface area contributed by atoms with Crippen molar-refractivity contribution in [1.82, 2.24) is 4.90 Å². The van der Waals surface area contributed by atoms with E-state index in [1.807, 2.05) is 0 Å². The molecule has 0 spiro atoms. The molecule has 1 aliphatic rings. The summed E-state index contributed by atoms with van der Waals surface area (Å²) < 4.78 is 4.84. The van der Waals surface area contributed by atoms with Gasteiger partial charge in [-0.2, -0.15) is 0 Å². The number of carbonyl (C=O) groups excluding carboxylic acids is 1. The third kappa shape index (κ3) is 4.66. The number of hydrogen-bond donors (Lipinski definition) is 0. The van der Waals surface area contributed by atoms with Gasteiger partial charge in [-0.1, -0.05) is 39.5 Å². The zero-order valence-electron chi connectivity index (χ0n) is 11.6. The van der Waals surface area contributed by atoms with Crippen LogP contribution in [0, 0.1) is 11.8 Å². The van der Waals surface area contributed by atoms with Gasteiger partial charge in [0.15, 0.2) is 0 Å². The van der Waals surface area contributed by atoms with Crippen molar-refractivity contribution in [3.8, 4) is 0 Å². The molecule has 0 bridgehead atoms. The smallest absolute Gasteiger partial charge is 0.310 e. The van der Waals surface area contributed by atoms with Crippen LogP contribution in [0.4, 0.5) is 0 Å². The Morgan fingerprint density at radius 3 is 2.59 bits per heavy atom. The molecule has 0 aromatic carbocycles. The molecule has 17 heavy (non-hydrogen) atoms. The maximum Gasteiger partial charge on any atom is 0.310 e. The number of ether oxygens (including phenoxy) is 1. The minimum Gasteiger partial charge on any atom is -0.469 e. The Labute approximate surface area is 106 Å². The highest BCUT2D eigenvalue weighted by molar-refractivity contribution is 5.73. The van der Waals surface area contributed by atoms with E-state index in [4.69, 9.17) is 4.74 Å². The van der Waals surface area contributed by atoms with E-state index >= 15 is 0 Å². The monoisotopic (exact) mass is 241 g/mol. The van der Waals surface area contributed by atoms with Gasteiger partial charge in [-0.25, -0.2) is 0 Å². The quantitative estimate of drug-likeness (QED) is 0.507. The van der Waals surface area contributed by atoms with Gasteiger partial charge in [-0.3, -0.25) is 4.79 Å². The van der Waals surface area contributed by atoms with Crippen molar-refractivity contribution in [3.05, 3.63) is 0 Å². The summed E-state index contributed by atoms with van der Waals surface area (Å²) in [6.07, 6.45) is 6.58. The number of esters is 1. The molecule has 0 saturated carbocycles. The van der Waals surface area contributed by atoms with Gasteiger partial charge in [0.05, 0.1) is 13.0 Å². The highest BCUT2D eigenvalue weighted by Gasteiger charge is 2.34. The van der Waals surface area contributed by atoms with E-state index in [-0.39, 0.29) is 11.9 Å². The summed E-state index contributed by atoms with van der Waals surface area (Å²) in [5.41, 5.74) is 0. The van der Waals surface area contributed by atoms with Gasteiger partial charge >= 0.3 is 5.97 Å². The molecule has 1 fully saturated rings. The van der Waals surface area contributed by atoms with E-state index in [2.05, 4.69) is 18.7 Å². The van der Waals surface area contributed by atoms with Crippen LogP contribution in [0.2, 0.25) is 0 Å². The van der Waals surface area contributed by atoms with Crippen molar-refractivity contribution in [2.75, 3.05) is 26.7 Å². The van der Waals surface area contributed by atoms with Crippen molar-refractivity contribution >= 4 is 5.97 Å². The Kier molecular flexibility index (Phi) is 6.56. The molecule has 0 radical (unpaired) electrons. The number of likely N-dealkylation sites (tertiary alicyclic amines) is 1. The lowest BCUT2D eigenvalue weighted by Crippen LogP contribution is -2.25. The minimum atomic E-state index is -0.0361. The molecule has 3 heteroatoms. The Hall–Kier alpha value is -0.570. The second-order valence-electron chi connectivity index (χ2n) is 5.28. The minimum absolute atomic E-state index is 0.0361. The topological polar surface area (TPSA) is 29.5 Å². The first-order valence-electron chi connectivity index (χ1n) is 6.99. The zero-order chi connectivity index (χ0) is 12.7. The fourth-order valence-corrected chi connectivity index (χ4v) is 2.65. The van der Waals surface area contributed by atoms with Gasteiger partial charge < -0.3 is 9.64 Å². The molecule has 2 atom stereocenters. The van der Waals surface area contributed by atoms with Crippen LogP contribution in [0.15, 0.2) is 0 Å². The average molecular weight is 241 g/mol. The normalized spacial score (nSPS) is 25.1. The number of nitrogens with zero attached hydrogens (tertiary/aromatic N) is 1. The molecule has 0 N–H and O–H groups in total. The molecule has 1 aliphatic heterocycles. The first-order valence-corrected chi connectivity index (χ1v) is 6.99. The Bertz CT molecular complexity index is 230. The fourth-order valence-electron chi connectivity index (χ4n) is 2.65. The number of hydrogen-bond acceptors (Lipinski definition) is 3. The van der Waals surface area contributed by atoms with E-state index in [1.54, 1.807) is 0 Å². The Balaban J connectivity index is 2.18. The lowest BCUT2D eigenvalue weighted by Gasteiger charge is -2.14. The zero-order valence-corrected chi connectivity index (χ0v) is 11.6.